The molecule has 0 aliphatic carbocycles. The van der Waals surface area contributed by atoms with Crippen LogP contribution in [0.2, 0.25) is 0 Å². The van der Waals surface area contributed by atoms with Gasteiger partial charge < -0.3 is 0 Å². The molecule has 50 heavy (non-hydrogen) atoms. The number of aromatic nitrogens is 3. The third kappa shape index (κ3) is 5.61. The van der Waals surface area contributed by atoms with E-state index in [1.807, 2.05) is 36.4 Å². The van der Waals surface area contributed by atoms with Crippen molar-refractivity contribution < 1.29 is 0 Å². The van der Waals surface area contributed by atoms with E-state index in [0.29, 0.717) is 17.5 Å². The Kier molecular flexibility index (Phi) is 7.49. The lowest BCUT2D eigenvalue weighted by atomic mass is 9.90. The zero-order chi connectivity index (χ0) is 33.3. The van der Waals surface area contributed by atoms with Crippen molar-refractivity contribution in [1.29, 1.82) is 0 Å². The van der Waals surface area contributed by atoms with Crippen molar-refractivity contribution in [3.05, 3.63) is 188 Å². The molecular weight excluding hydrogens is 607 g/mol. The van der Waals surface area contributed by atoms with E-state index in [1.165, 1.54) is 33.0 Å². The first-order chi connectivity index (χ1) is 24.8. The average molecular weight is 638 g/mol. The normalized spacial score (nSPS) is 11.2. The molecule has 9 aromatic rings. The van der Waals surface area contributed by atoms with Crippen molar-refractivity contribution in [2.24, 2.45) is 0 Å². The highest BCUT2D eigenvalue weighted by Crippen LogP contribution is 2.38. The average Bonchev–Trinajstić information content (AvgIpc) is 3.21. The van der Waals surface area contributed by atoms with Gasteiger partial charge in [-0.1, -0.05) is 170 Å². The molecule has 0 unspecified atom stereocenters. The molecular formula is C47H31N3. The molecule has 0 fully saturated rings. The van der Waals surface area contributed by atoms with Gasteiger partial charge in [-0.05, 0) is 73.1 Å². The van der Waals surface area contributed by atoms with E-state index in [2.05, 4.69) is 152 Å². The smallest absolute Gasteiger partial charge is 0.164 e. The van der Waals surface area contributed by atoms with Crippen molar-refractivity contribution >= 4 is 21.5 Å². The van der Waals surface area contributed by atoms with Crippen LogP contribution >= 0.6 is 0 Å². The van der Waals surface area contributed by atoms with Crippen molar-refractivity contribution in [3.63, 3.8) is 0 Å². The fourth-order valence-corrected chi connectivity index (χ4v) is 6.80. The van der Waals surface area contributed by atoms with Crippen LogP contribution in [0.15, 0.2) is 188 Å². The molecule has 0 saturated carbocycles. The number of hydrogen-bond donors (Lipinski definition) is 0. The van der Waals surface area contributed by atoms with Crippen LogP contribution in [0.4, 0.5) is 0 Å². The molecule has 8 aromatic carbocycles. The van der Waals surface area contributed by atoms with Crippen LogP contribution in [0.3, 0.4) is 0 Å². The van der Waals surface area contributed by atoms with Crippen molar-refractivity contribution in [2.45, 2.75) is 0 Å². The molecule has 1 heterocycles. The van der Waals surface area contributed by atoms with E-state index < -0.39 is 0 Å². The Morgan fingerprint density at radius 2 is 0.720 bits per heavy atom. The summed E-state index contributed by atoms with van der Waals surface area (Å²) in [7, 11) is 0. The number of hydrogen-bond acceptors (Lipinski definition) is 3. The lowest BCUT2D eigenvalue weighted by Gasteiger charge is -2.14. The van der Waals surface area contributed by atoms with E-state index in [1.54, 1.807) is 0 Å². The number of fused-ring (bicyclic) bond motifs is 2. The van der Waals surface area contributed by atoms with E-state index >= 15 is 0 Å². The highest BCUT2D eigenvalue weighted by molar-refractivity contribution is 6.01. The van der Waals surface area contributed by atoms with Gasteiger partial charge in [-0.2, -0.15) is 0 Å². The van der Waals surface area contributed by atoms with Crippen LogP contribution in [0, 0.1) is 0 Å². The Morgan fingerprint density at radius 1 is 0.240 bits per heavy atom. The molecule has 1 aromatic heterocycles. The second kappa shape index (κ2) is 12.7. The van der Waals surface area contributed by atoms with Crippen molar-refractivity contribution in [3.8, 4) is 67.5 Å². The van der Waals surface area contributed by atoms with Gasteiger partial charge in [0.2, 0.25) is 0 Å². The van der Waals surface area contributed by atoms with Gasteiger partial charge >= 0.3 is 0 Å². The van der Waals surface area contributed by atoms with Gasteiger partial charge in [-0.15, -0.1) is 0 Å². The van der Waals surface area contributed by atoms with Crippen LogP contribution in [0.5, 0.6) is 0 Å². The van der Waals surface area contributed by atoms with Crippen molar-refractivity contribution in [1.82, 2.24) is 15.0 Å². The molecule has 0 aliphatic heterocycles. The quantitative estimate of drug-likeness (QED) is 0.182. The second-order valence-corrected chi connectivity index (χ2v) is 12.5. The SMILES string of the molecule is c1ccc(-c2cccc(-c3nc(-c4ccccc4)nc(-c4ccc5cc(-c6ccccc6-c6cccc7ccccc67)ccc5c4)n3)c2)cc1. The zero-order valence-corrected chi connectivity index (χ0v) is 27.2. The molecule has 0 bridgehead atoms. The summed E-state index contributed by atoms with van der Waals surface area (Å²) in [5.41, 5.74) is 9.97. The Labute approximate surface area is 291 Å². The molecule has 234 valence electrons. The number of benzene rings is 8. The van der Waals surface area contributed by atoms with Crippen LogP contribution in [0.1, 0.15) is 0 Å². The lowest BCUT2D eigenvalue weighted by Crippen LogP contribution is -2.00. The first-order valence-corrected chi connectivity index (χ1v) is 16.9. The topological polar surface area (TPSA) is 38.7 Å². The molecule has 0 aliphatic rings. The molecule has 0 atom stereocenters. The molecule has 3 heteroatoms. The van der Waals surface area contributed by atoms with Crippen LogP contribution in [0.25, 0.3) is 89.1 Å². The number of rotatable bonds is 6. The van der Waals surface area contributed by atoms with Crippen LogP contribution in [-0.2, 0) is 0 Å². The van der Waals surface area contributed by atoms with E-state index in [9.17, 15) is 0 Å². The van der Waals surface area contributed by atoms with Gasteiger partial charge in [-0.3, -0.25) is 0 Å². The second-order valence-electron chi connectivity index (χ2n) is 12.5. The largest absolute Gasteiger partial charge is 0.208 e. The minimum absolute atomic E-state index is 0.645. The molecule has 0 saturated heterocycles. The summed E-state index contributed by atoms with van der Waals surface area (Å²) >= 11 is 0. The number of nitrogens with zero attached hydrogens (tertiary/aromatic N) is 3. The Bertz CT molecular complexity index is 2640. The van der Waals surface area contributed by atoms with Gasteiger partial charge in [0.05, 0.1) is 0 Å². The maximum atomic E-state index is 5.05. The molecule has 0 amide bonds. The maximum Gasteiger partial charge on any atom is 0.164 e. The monoisotopic (exact) mass is 637 g/mol. The van der Waals surface area contributed by atoms with E-state index in [0.717, 1.165) is 38.6 Å². The van der Waals surface area contributed by atoms with Gasteiger partial charge in [0, 0.05) is 16.7 Å². The van der Waals surface area contributed by atoms with Gasteiger partial charge in [-0.25, -0.2) is 15.0 Å². The predicted octanol–water partition coefficient (Wildman–Crippen LogP) is 12.2. The molecule has 0 N–H and O–H groups in total. The lowest BCUT2D eigenvalue weighted by molar-refractivity contribution is 1.07. The summed E-state index contributed by atoms with van der Waals surface area (Å²) < 4.78 is 0. The summed E-state index contributed by atoms with van der Waals surface area (Å²) in [5.74, 6) is 1.94. The fraction of sp³-hybridized carbons (Fsp3) is 0. The van der Waals surface area contributed by atoms with Crippen LogP contribution < -0.4 is 0 Å². The van der Waals surface area contributed by atoms with Crippen molar-refractivity contribution in [2.75, 3.05) is 0 Å². The van der Waals surface area contributed by atoms with E-state index in [4.69, 9.17) is 15.0 Å². The molecule has 9 rings (SSSR count). The summed E-state index contributed by atoms with van der Waals surface area (Å²) in [6.45, 7) is 0. The van der Waals surface area contributed by atoms with Gasteiger partial charge in [0.15, 0.2) is 17.5 Å². The highest BCUT2D eigenvalue weighted by Gasteiger charge is 2.15. The summed E-state index contributed by atoms with van der Waals surface area (Å²) in [6.07, 6.45) is 0. The summed E-state index contributed by atoms with van der Waals surface area (Å²) in [6, 6.07) is 65.9. The third-order valence-corrected chi connectivity index (χ3v) is 9.31. The first kappa shape index (κ1) is 29.4. The minimum atomic E-state index is 0.645. The first-order valence-electron chi connectivity index (χ1n) is 16.9. The van der Waals surface area contributed by atoms with Gasteiger partial charge in [0.25, 0.3) is 0 Å². The fourth-order valence-electron chi connectivity index (χ4n) is 6.80. The maximum absolute atomic E-state index is 5.05. The standard InChI is InChI=1S/C47H31N3/c1-3-13-32(14-4-1)35-19-11-20-39(30-35)46-48-45(34-16-5-2-6-17-34)49-47(50-46)40-28-26-36-29-38(27-25-37(36)31-40)42-22-9-10-23-43(42)44-24-12-18-33-15-7-8-21-41(33)44/h1-31H. The Balaban J connectivity index is 1.13. The summed E-state index contributed by atoms with van der Waals surface area (Å²) in [4.78, 5) is 15.0. The zero-order valence-electron chi connectivity index (χ0n) is 27.2. The van der Waals surface area contributed by atoms with Gasteiger partial charge in [0.1, 0.15) is 0 Å². The predicted molar refractivity (Wildman–Crippen MR) is 207 cm³/mol. The molecule has 0 radical (unpaired) electrons. The van der Waals surface area contributed by atoms with Crippen LogP contribution in [-0.4, -0.2) is 15.0 Å². The molecule has 3 nitrogen and oxygen atoms in total. The Morgan fingerprint density at radius 3 is 1.48 bits per heavy atom. The van der Waals surface area contributed by atoms with E-state index in [-0.39, 0.29) is 0 Å². The molecule has 0 spiro atoms. The summed E-state index contributed by atoms with van der Waals surface area (Å²) in [5, 5.41) is 4.79. The minimum Gasteiger partial charge on any atom is -0.208 e. The third-order valence-electron chi connectivity index (χ3n) is 9.31. The highest BCUT2D eigenvalue weighted by atomic mass is 15.0. The Hall–Kier alpha value is -6.71.